The van der Waals surface area contributed by atoms with Gasteiger partial charge in [-0.05, 0) is 18.3 Å². The van der Waals surface area contributed by atoms with Crippen LogP contribution in [-0.4, -0.2) is 51.1 Å². The van der Waals surface area contributed by atoms with E-state index < -0.39 is 28.7 Å². The fraction of sp³-hybridized carbons (Fsp3) is 0.750. The molecule has 2 N–H and O–H groups in total. The molecule has 0 aliphatic heterocycles. The van der Waals surface area contributed by atoms with Crippen LogP contribution in [0.2, 0.25) is 0 Å². The summed E-state index contributed by atoms with van der Waals surface area (Å²) in [6, 6.07) is 0. The molecule has 0 unspecified atom stereocenters. The van der Waals surface area contributed by atoms with Gasteiger partial charge in [0.05, 0.1) is 19.6 Å². The van der Waals surface area contributed by atoms with E-state index in [4.69, 9.17) is 0 Å². The first-order valence-electron chi connectivity index (χ1n) is 7.79. The molecule has 0 heterocycles. The number of amides is 2. The van der Waals surface area contributed by atoms with Gasteiger partial charge in [0.2, 0.25) is 11.8 Å². The zero-order valence-electron chi connectivity index (χ0n) is 14.9. The summed E-state index contributed by atoms with van der Waals surface area (Å²) in [5.41, 5.74) is -1.46. The van der Waals surface area contributed by atoms with Gasteiger partial charge in [0.1, 0.15) is 13.1 Å². The van der Waals surface area contributed by atoms with Crippen LogP contribution in [0.3, 0.4) is 0 Å². The maximum atomic E-state index is 12.6. The van der Waals surface area contributed by atoms with Crippen molar-refractivity contribution in [2.24, 2.45) is 16.7 Å². The Bertz CT molecular complexity index is 531. The van der Waals surface area contributed by atoms with E-state index in [1.165, 1.54) is 14.2 Å². The number of hydrogen-bond acceptors (Lipinski definition) is 6. The van der Waals surface area contributed by atoms with Crippen LogP contribution in [-0.2, 0) is 28.7 Å². The second kappa shape index (κ2) is 7.63. The highest BCUT2D eigenvalue weighted by atomic mass is 16.5. The van der Waals surface area contributed by atoms with Crippen molar-refractivity contribution in [3.8, 4) is 0 Å². The molecule has 0 spiro atoms. The molecule has 8 nitrogen and oxygen atoms in total. The van der Waals surface area contributed by atoms with Crippen LogP contribution in [0, 0.1) is 16.7 Å². The minimum atomic E-state index is -0.811. The molecule has 1 fully saturated rings. The van der Waals surface area contributed by atoms with Crippen molar-refractivity contribution >= 4 is 23.8 Å². The predicted molar refractivity (Wildman–Crippen MR) is 84.7 cm³/mol. The predicted octanol–water partition coefficient (Wildman–Crippen LogP) is 0.00730. The Morgan fingerprint density at radius 3 is 1.96 bits per heavy atom. The van der Waals surface area contributed by atoms with Gasteiger partial charge in [0.25, 0.3) is 0 Å². The standard InChI is InChI=1S/C16H26N2O6/c1-15(2)10(13(21)17-8-11(19)23-4)6-7-16(15,3)14(22)18-9-12(20)24-5/h10H,6-9H2,1-5H3,(H,17,21)(H,18,22)/t10-,16-/m0/s1. The Morgan fingerprint density at radius 1 is 0.958 bits per heavy atom. The van der Waals surface area contributed by atoms with Crippen LogP contribution in [0.1, 0.15) is 33.6 Å². The summed E-state index contributed by atoms with van der Waals surface area (Å²) >= 11 is 0. The number of methoxy groups -OCH3 is 2. The molecule has 1 saturated carbocycles. The average Bonchev–Trinajstić information content (AvgIpc) is 2.80. The molecule has 0 aromatic carbocycles. The topological polar surface area (TPSA) is 111 Å². The van der Waals surface area contributed by atoms with Crippen LogP contribution >= 0.6 is 0 Å². The van der Waals surface area contributed by atoms with E-state index in [9.17, 15) is 19.2 Å². The van der Waals surface area contributed by atoms with Crippen molar-refractivity contribution in [2.75, 3.05) is 27.3 Å². The second-order valence-corrected chi connectivity index (χ2v) is 6.70. The van der Waals surface area contributed by atoms with Crippen molar-refractivity contribution in [3.63, 3.8) is 0 Å². The highest BCUT2D eigenvalue weighted by molar-refractivity contribution is 5.90. The molecule has 2 atom stereocenters. The number of nitrogens with one attached hydrogen (secondary N) is 2. The molecule has 0 bridgehead atoms. The Kier molecular flexibility index (Phi) is 6.34. The van der Waals surface area contributed by atoms with E-state index in [0.717, 1.165) is 0 Å². The molecule has 0 aromatic rings. The number of carbonyl (C=O) groups excluding carboxylic acids is 4. The zero-order chi connectivity index (χ0) is 18.5. The molecule has 0 saturated heterocycles. The lowest BCUT2D eigenvalue weighted by molar-refractivity contribution is -0.146. The van der Waals surface area contributed by atoms with Crippen molar-refractivity contribution in [1.82, 2.24) is 10.6 Å². The fourth-order valence-electron chi connectivity index (χ4n) is 3.14. The minimum Gasteiger partial charge on any atom is -0.468 e. The van der Waals surface area contributed by atoms with E-state index in [1.807, 2.05) is 13.8 Å². The van der Waals surface area contributed by atoms with Gasteiger partial charge in [0, 0.05) is 5.92 Å². The van der Waals surface area contributed by atoms with Gasteiger partial charge in [-0.3, -0.25) is 19.2 Å². The summed E-state index contributed by atoms with van der Waals surface area (Å²) in [5.74, 6) is -2.06. The number of hydrogen-bond donors (Lipinski definition) is 2. The molecular formula is C16H26N2O6. The first-order valence-corrected chi connectivity index (χ1v) is 7.79. The highest BCUT2D eigenvalue weighted by Gasteiger charge is 2.57. The van der Waals surface area contributed by atoms with E-state index in [0.29, 0.717) is 12.8 Å². The van der Waals surface area contributed by atoms with E-state index in [2.05, 4.69) is 20.1 Å². The monoisotopic (exact) mass is 342 g/mol. The second-order valence-electron chi connectivity index (χ2n) is 6.70. The summed E-state index contributed by atoms with van der Waals surface area (Å²) in [6.07, 6.45) is 1.02. The molecule has 136 valence electrons. The molecule has 1 aliphatic carbocycles. The molecule has 2 amide bonds. The third kappa shape index (κ3) is 3.85. The lowest BCUT2D eigenvalue weighted by atomic mass is 9.65. The minimum absolute atomic E-state index is 0.201. The molecule has 0 aromatic heterocycles. The molecule has 24 heavy (non-hydrogen) atoms. The van der Waals surface area contributed by atoms with Crippen molar-refractivity contribution in [2.45, 2.75) is 33.6 Å². The fourth-order valence-corrected chi connectivity index (χ4v) is 3.14. The number of carbonyl (C=O) groups is 4. The Labute approximate surface area is 141 Å². The summed E-state index contributed by atoms with van der Waals surface area (Å²) in [6.45, 7) is 5.07. The van der Waals surface area contributed by atoms with Gasteiger partial charge in [0.15, 0.2) is 0 Å². The smallest absolute Gasteiger partial charge is 0.325 e. The van der Waals surface area contributed by atoms with E-state index in [1.54, 1.807) is 6.92 Å². The third-order valence-corrected chi connectivity index (χ3v) is 5.30. The highest BCUT2D eigenvalue weighted by Crippen LogP contribution is 2.56. The summed E-state index contributed by atoms with van der Waals surface area (Å²) in [7, 11) is 2.49. The largest absolute Gasteiger partial charge is 0.468 e. The first kappa shape index (κ1) is 19.9. The number of ether oxygens (including phenoxy) is 2. The van der Waals surface area contributed by atoms with Crippen molar-refractivity contribution in [1.29, 1.82) is 0 Å². The van der Waals surface area contributed by atoms with Gasteiger partial charge in [-0.1, -0.05) is 20.8 Å². The van der Waals surface area contributed by atoms with Crippen LogP contribution in [0.4, 0.5) is 0 Å². The normalized spacial score (nSPS) is 24.8. The van der Waals surface area contributed by atoms with Gasteiger partial charge in [-0.15, -0.1) is 0 Å². The van der Waals surface area contributed by atoms with Gasteiger partial charge < -0.3 is 20.1 Å². The Morgan fingerprint density at radius 2 is 1.46 bits per heavy atom. The van der Waals surface area contributed by atoms with E-state index in [-0.39, 0.29) is 24.9 Å². The zero-order valence-corrected chi connectivity index (χ0v) is 14.9. The number of esters is 2. The molecule has 0 radical (unpaired) electrons. The van der Waals surface area contributed by atoms with Crippen LogP contribution in [0.25, 0.3) is 0 Å². The molecule has 8 heteroatoms. The molecule has 1 rings (SSSR count). The third-order valence-electron chi connectivity index (χ3n) is 5.30. The van der Waals surface area contributed by atoms with Crippen LogP contribution in [0.15, 0.2) is 0 Å². The number of rotatable bonds is 6. The van der Waals surface area contributed by atoms with Gasteiger partial charge in [-0.2, -0.15) is 0 Å². The maximum Gasteiger partial charge on any atom is 0.325 e. The summed E-state index contributed by atoms with van der Waals surface area (Å²) in [4.78, 5) is 47.3. The molecule has 1 aliphatic rings. The van der Waals surface area contributed by atoms with Gasteiger partial charge >= 0.3 is 11.9 Å². The average molecular weight is 342 g/mol. The molecular weight excluding hydrogens is 316 g/mol. The summed E-state index contributed by atoms with van der Waals surface area (Å²) in [5, 5.41) is 5.12. The van der Waals surface area contributed by atoms with Crippen molar-refractivity contribution in [3.05, 3.63) is 0 Å². The lowest BCUT2D eigenvalue weighted by Gasteiger charge is -2.39. The lowest BCUT2D eigenvalue weighted by Crippen LogP contribution is -2.50. The summed E-state index contributed by atoms with van der Waals surface area (Å²) < 4.78 is 9.01. The van der Waals surface area contributed by atoms with Crippen LogP contribution in [0.5, 0.6) is 0 Å². The van der Waals surface area contributed by atoms with E-state index >= 15 is 0 Å². The SMILES string of the molecule is COC(=O)CNC(=O)[C@@H]1CC[C@@](C)(C(=O)NCC(=O)OC)C1(C)C. The van der Waals surface area contributed by atoms with Crippen LogP contribution < -0.4 is 10.6 Å². The van der Waals surface area contributed by atoms with Crippen molar-refractivity contribution < 1.29 is 28.7 Å². The maximum absolute atomic E-state index is 12.6. The Hall–Kier alpha value is -2.12. The first-order chi connectivity index (χ1) is 11.1. The van der Waals surface area contributed by atoms with Gasteiger partial charge in [-0.25, -0.2) is 0 Å². The quantitative estimate of drug-likeness (QED) is 0.658. The Balaban J connectivity index is 2.79.